The maximum atomic E-state index is 2.53. The van der Waals surface area contributed by atoms with Crippen LogP contribution in [0.4, 0.5) is 34.1 Å². The predicted molar refractivity (Wildman–Crippen MR) is 278 cm³/mol. The Morgan fingerprint density at radius 2 is 0.797 bits per heavy atom. The van der Waals surface area contributed by atoms with E-state index in [1.807, 2.05) is 0 Å². The molecule has 0 saturated carbocycles. The molecule has 0 saturated heterocycles. The van der Waals surface area contributed by atoms with Crippen LogP contribution in [0.15, 0.2) is 176 Å². The van der Waals surface area contributed by atoms with Gasteiger partial charge in [-0.25, -0.2) is 0 Å². The highest BCUT2D eigenvalue weighted by atomic mass is 15.2. The number of nitrogens with zero attached hydrogens (tertiary/aromatic N) is 2. The Labute approximate surface area is 379 Å². The first kappa shape index (κ1) is 40.9. The van der Waals surface area contributed by atoms with Crippen LogP contribution < -0.4 is 9.80 Å². The summed E-state index contributed by atoms with van der Waals surface area (Å²) in [4.78, 5) is 5.07. The fourth-order valence-corrected chi connectivity index (χ4v) is 9.86. The molecule has 0 heterocycles. The lowest BCUT2D eigenvalue weighted by atomic mass is 9.83. The summed E-state index contributed by atoms with van der Waals surface area (Å²) in [5, 5.41) is 7.55. The minimum absolute atomic E-state index is 0.00398. The molecular formula is C62H56N2. The standard InChI is InChI=1S/C62H56N2/c1-39-16-14-20-50(32-39)63(56-36-45(26-24-43(56)5)52-22-12-10-18-41(52)3)58-38-59(55-31-29-48-35-49(62(7,8)9)34-47-28-30-54(58)61(55)60(47)48)64(51-21-15-17-40(2)33-51)57-37-46(27-25-44(57)6)53-23-13-11-19-42(53)4/h10-38H,1-9H3. The molecule has 0 spiro atoms. The van der Waals surface area contributed by atoms with Crippen LogP contribution in [0.25, 0.3) is 54.6 Å². The SMILES string of the molecule is Cc1cccc(N(c2cc(-c3ccccc3C)ccc2C)c2cc(N(c3cccc(C)c3)c3cc(-c4ccccc4C)ccc3C)c3ccc4cc(C(C)(C)C)cc5ccc2c3c54)c1. The van der Waals surface area contributed by atoms with Crippen molar-refractivity contribution in [3.63, 3.8) is 0 Å². The Morgan fingerprint density at radius 3 is 1.22 bits per heavy atom. The Morgan fingerprint density at radius 1 is 0.344 bits per heavy atom. The number of aryl methyl sites for hydroxylation is 6. The van der Waals surface area contributed by atoms with Gasteiger partial charge in [0.2, 0.25) is 0 Å². The molecule has 10 rings (SSSR count). The topological polar surface area (TPSA) is 6.48 Å². The number of anilines is 6. The molecule has 0 aliphatic carbocycles. The molecule has 2 heteroatoms. The minimum Gasteiger partial charge on any atom is -0.309 e. The molecule has 314 valence electrons. The maximum Gasteiger partial charge on any atom is 0.0561 e. The van der Waals surface area contributed by atoms with Gasteiger partial charge in [-0.3, -0.25) is 0 Å². The molecular weight excluding hydrogens is 773 g/mol. The monoisotopic (exact) mass is 828 g/mol. The van der Waals surface area contributed by atoms with Crippen molar-refractivity contribution in [2.24, 2.45) is 0 Å². The van der Waals surface area contributed by atoms with Crippen molar-refractivity contribution in [3.05, 3.63) is 215 Å². The summed E-state index contributed by atoms with van der Waals surface area (Å²) in [6, 6.07) is 66.3. The van der Waals surface area contributed by atoms with E-state index in [4.69, 9.17) is 0 Å². The molecule has 0 aromatic heterocycles. The maximum absolute atomic E-state index is 2.53. The van der Waals surface area contributed by atoms with Crippen LogP contribution >= 0.6 is 0 Å². The van der Waals surface area contributed by atoms with Crippen molar-refractivity contribution in [1.29, 1.82) is 0 Å². The van der Waals surface area contributed by atoms with Crippen molar-refractivity contribution in [2.75, 3.05) is 9.80 Å². The second-order valence-corrected chi connectivity index (χ2v) is 19.0. The van der Waals surface area contributed by atoms with Crippen molar-refractivity contribution in [2.45, 2.75) is 67.7 Å². The van der Waals surface area contributed by atoms with Gasteiger partial charge in [0.05, 0.1) is 11.4 Å². The molecule has 0 aliphatic rings. The van der Waals surface area contributed by atoms with Gasteiger partial charge in [0.1, 0.15) is 0 Å². The van der Waals surface area contributed by atoms with Crippen LogP contribution in [-0.2, 0) is 5.41 Å². The van der Waals surface area contributed by atoms with Gasteiger partial charge in [0.25, 0.3) is 0 Å². The molecule has 2 nitrogen and oxygen atoms in total. The van der Waals surface area contributed by atoms with E-state index in [0.717, 1.165) is 34.1 Å². The van der Waals surface area contributed by atoms with E-state index in [9.17, 15) is 0 Å². The molecule has 0 N–H and O–H groups in total. The average Bonchev–Trinajstić information content (AvgIpc) is 3.27. The lowest BCUT2D eigenvalue weighted by Gasteiger charge is -2.34. The summed E-state index contributed by atoms with van der Waals surface area (Å²) in [5.74, 6) is 0. The fraction of sp³-hybridized carbons (Fsp3) is 0.161. The number of hydrogen-bond acceptors (Lipinski definition) is 2. The first-order valence-corrected chi connectivity index (χ1v) is 22.7. The zero-order chi connectivity index (χ0) is 44.4. The van der Waals surface area contributed by atoms with Crippen molar-refractivity contribution >= 4 is 66.4 Å². The minimum atomic E-state index is 0.00398. The average molecular weight is 829 g/mol. The molecule has 0 radical (unpaired) electrons. The molecule has 10 aromatic carbocycles. The first-order valence-electron chi connectivity index (χ1n) is 22.7. The summed E-state index contributed by atoms with van der Waals surface area (Å²) in [7, 11) is 0. The Kier molecular flexibility index (Phi) is 10.1. The predicted octanol–water partition coefficient (Wildman–Crippen LogP) is 18.0. The molecule has 0 atom stereocenters. The highest BCUT2D eigenvalue weighted by Crippen LogP contribution is 2.52. The number of hydrogen-bond donors (Lipinski definition) is 0. The van der Waals surface area contributed by atoms with Gasteiger partial charge in [0, 0.05) is 38.9 Å². The van der Waals surface area contributed by atoms with Crippen LogP contribution in [0.1, 0.15) is 59.7 Å². The normalized spacial score (nSPS) is 11.8. The van der Waals surface area contributed by atoms with Crippen LogP contribution in [0.2, 0.25) is 0 Å². The molecule has 0 amide bonds. The van der Waals surface area contributed by atoms with E-state index < -0.39 is 0 Å². The largest absolute Gasteiger partial charge is 0.309 e. The van der Waals surface area contributed by atoms with Crippen LogP contribution in [-0.4, -0.2) is 0 Å². The van der Waals surface area contributed by atoms with Crippen molar-refractivity contribution in [3.8, 4) is 22.3 Å². The van der Waals surface area contributed by atoms with Gasteiger partial charge in [-0.15, -0.1) is 0 Å². The summed E-state index contributed by atoms with van der Waals surface area (Å²) < 4.78 is 0. The van der Waals surface area contributed by atoms with Crippen molar-refractivity contribution < 1.29 is 0 Å². The third kappa shape index (κ3) is 7.18. The number of rotatable bonds is 8. The van der Waals surface area contributed by atoms with Gasteiger partial charge >= 0.3 is 0 Å². The first-order chi connectivity index (χ1) is 30.8. The van der Waals surface area contributed by atoms with Gasteiger partial charge in [-0.2, -0.15) is 0 Å². The van der Waals surface area contributed by atoms with Gasteiger partial charge in [0.15, 0.2) is 0 Å². The van der Waals surface area contributed by atoms with Crippen LogP contribution in [0.3, 0.4) is 0 Å². The molecule has 0 bridgehead atoms. The smallest absolute Gasteiger partial charge is 0.0561 e. The van der Waals surface area contributed by atoms with E-state index in [2.05, 4.69) is 248 Å². The number of benzene rings is 10. The summed E-state index contributed by atoms with van der Waals surface area (Å²) in [6.07, 6.45) is 0. The molecule has 64 heavy (non-hydrogen) atoms. The lowest BCUT2D eigenvalue weighted by molar-refractivity contribution is 0.591. The van der Waals surface area contributed by atoms with E-state index in [-0.39, 0.29) is 5.41 Å². The highest BCUT2D eigenvalue weighted by molar-refractivity contribution is 6.29. The molecule has 0 fully saturated rings. The van der Waals surface area contributed by atoms with E-state index >= 15 is 0 Å². The van der Waals surface area contributed by atoms with E-state index in [1.165, 1.54) is 93.5 Å². The zero-order valence-electron chi connectivity index (χ0n) is 38.6. The molecule has 10 aromatic rings. The zero-order valence-corrected chi connectivity index (χ0v) is 38.6. The summed E-state index contributed by atoms with van der Waals surface area (Å²) in [6.45, 7) is 20.3. The van der Waals surface area contributed by atoms with Gasteiger partial charge in [-0.05, 0) is 167 Å². The fourth-order valence-electron chi connectivity index (χ4n) is 9.86. The van der Waals surface area contributed by atoms with Crippen LogP contribution in [0, 0.1) is 41.5 Å². The second-order valence-electron chi connectivity index (χ2n) is 19.0. The van der Waals surface area contributed by atoms with Crippen molar-refractivity contribution in [1.82, 2.24) is 0 Å². The second kappa shape index (κ2) is 15.9. The van der Waals surface area contributed by atoms with E-state index in [0.29, 0.717) is 0 Å². The Hall–Kier alpha value is -7.16. The molecule has 0 unspecified atom stereocenters. The van der Waals surface area contributed by atoms with Gasteiger partial charge in [-0.1, -0.05) is 154 Å². The Bertz CT molecular complexity index is 3190. The third-order valence-corrected chi connectivity index (χ3v) is 13.4. The highest BCUT2D eigenvalue weighted by Gasteiger charge is 2.27. The quantitative estimate of drug-likeness (QED) is 0.141. The summed E-state index contributed by atoms with van der Waals surface area (Å²) >= 11 is 0. The van der Waals surface area contributed by atoms with Gasteiger partial charge < -0.3 is 9.80 Å². The third-order valence-electron chi connectivity index (χ3n) is 13.4. The lowest BCUT2D eigenvalue weighted by Crippen LogP contribution is -2.16. The van der Waals surface area contributed by atoms with E-state index in [1.54, 1.807) is 0 Å². The Balaban J connectivity index is 1.36. The van der Waals surface area contributed by atoms with Crippen LogP contribution in [0.5, 0.6) is 0 Å². The summed E-state index contributed by atoms with van der Waals surface area (Å²) in [5.41, 5.74) is 20.4. The molecule has 0 aliphatic heterocycles.